The predicted molar refractivity (Wildman–Crippen MR) is 97.5 cm³/mol. The van der Waals surface area contributed by atoms with Crippen LogP contribution in [0.5, 0.6) is 0 Å². The van der Waals surface area contributed by atoms with Gasteiger partial charge in [-0.15, -0.1) is 0 Å². The van der Waals surface area contributed by atoms with Crippen LogP contribution in [-0.2, 0) is 14.3 Å². The van der Waals surface area contributed by atoms with Gasteiger partial charge in [-0.1, -0.05) is 30.3 Å². The Labute approximate surface area is 154 Å². The Bertz CT molecular complexity index is 632. The van der Waals surface area contributed by atoms with Crippen molar-refractivity contribution >= 4 is 11.8 Å². The van der Waals surface area contributed by atoms with Gasteiger partial charge in [-0.2, -0.15) is 0 Å². The summed E-state index contributed by atoms with van der Waals surface area (Å²) in [5.74, 6) is 0.488. The Morgan fingerprint density at radius 3 is 2.42 bits per heavy atom. The minimum Gasteiger partial charge on any atom is -0.394 e. The number of rotatable bonds is 8. The third kappa shape index (κ3) is 3.91. The van der Waals surface area contributed by atoms with Gasteiger partial charge in [0.05, 0.1) is 18.7 Å². The molecule has 1 aromatic carbocycles. The summed E-state index contributed by atoms with van der Waals surface area (Å²) in [4.78, 5) is 28.3. The summed E-state index contributed by atoms with van der Waals surface area (Å²) in [7, 11) is 1.52. The molecule has 1 aliphatic carbocycles. The van der Waals surface area contributed by atoms with E-state index in [0.29, 0.717) is 12.5 Å². The quantitative estimate of drug-likeness (QED) is 0.757. The topological polar surface area (TPSA) is 70.1 Å². The standard InChI is InChI=1S/C20H28N2O4/c1-14(24)22-17(11-21(10-15-8-9-15)19(25)13-26-2)20(18(22)12-23)16-6-4-3-5-7-16/h3-7,15,17-18,20,23H,8-13H2,1-2H3/t17-,18+,20+/m0/s1. The van der Waals surface area contributed by atoms with Gasteiger partial charge in [-0.25, -0.2) is 0 Å². The molecule has 6 heteroatoms. The van der Waals surface area contributed by atoms with Crippen LogP contribution in [0.4, 0.5) is 0 Å². The van der Waals surface area contributed by atoms with Crippen LogP contribution in [0.3, 0.4) is 0 Å². The highest BCUT2D eigenvalue weighted by Gasteiger charge is 2.51. The van der Waals surface area contributed by atoms with Gasteiger partial charge in [0.25, 0.3) is 0 Å². The maximum Gasteiger partial charge on any atom is 0.248 e. The van der Waals surface area contributed by atoms with Crippen LogP contribution in [0, 0.1) is 5.92 Å². The van der Waals surface area contributed by atoms with Crippen molar-refractivity contribution in [1.29, 1.82) is 0 Å². The Balaban J connectivity index is 1.82. The van der Waals surface area contributed by atoms with E-state index >= 15 is 0 Å². The lowest BCUT2D eigenvalue weighted by Gasteiger charge is -2.55. The van der Waals surface area contributed by atoms with Crippen LogP contribution >= 0.6 is 0 Å². The SMILES string of the molecule is COCC(=O)N(CC1CC1)C[C@H]1[C@@H](c2ccccc2)[C@@H](CO)N1C(C)=O. The lowest BCUT2D eigenvalue weighted by atomic mass is 9.74. The van der Waals surface area contributed by atoms with Crippen molar-refractivity contribution in [2.45, 2.75) is 37.8 Å². The number of likely N-dealkylation sites (tertiary alicyclic amines) is 1. The van der Waals surface area contributed by atoms with Crippen LogP contribution in [0.1, 0.15) is 31.2 Å². The summed E-state index contributed by atoms with van der Waals surface area (Å²) in [6, 6.07) is 9.59. The number of benzene rings is 1. The minimum atomic E-state index is -0.236. The number of carbonyl (C=O) groups excluding carboxylic acids is 2. The first-order valence-electron chi connectivity index (χ1n) is 9.28. The second-order valence-electron chi connectivity index (χ2n) is 7.36. The van der Waals surface area contributed by atoms with Gasteiger partial charge in [0.2, 0.25) is 11.8 Å². The number of methoxy groups -OCH3 is 1. The van der Waals surface area contributed by atoms with Gasteiger partial charge in [0.15, 0.2) is 0 Å². The Hall–Kier alpha value is -1.92. The molecule has 142 valence electrons. The molecule has 2 aliphatic rings. The fraction of sp³-hybridized carbons (Fsp3) is 0.600. The van der Waals surface area contributed by atoms with Crippen LogP contribution in [0.25, 0.3) is 0 Å². The maximum atomic E-state index is 12.5. The van der Waals surface area contributed by atoms with Gasteiger partial charge in [0.1, 0.15) is 6.61 Å². The first-order valence-corrected chi connectivity index (χ1v) is 9.28. The second kappa shape index (κ2) is 8.18. The van der Waals surface area contributed by atoms with Crippen molar-refractivity contribution in [2.24, 2.45) is 5.92 Å². The molecule has 1 aromatic rings. The smallest absolute Gasteiger partial charge is 0.248 e. The maximum absolute atomic E-state index is 12.5. The molecule has 0 spiro atoms. The molecule has 1 aliphatic heterocycles. The fourth-order valence-electron chi connectivity index (χ4n) is 4.07. The summed E-state index contributed by atoms with van der Waals surface area (Å²) in [5.41, 5.74) is 1.10. The number of amides is 2. The minimum absolute atomic E-state index is 0.0298. The number of aliphatic hydroxyl groups excluding tert-OH is 1. The molecule has 2 amide bonds. The van der Waals surface area contributed by atoms with Crippen LogP contribution in [0.15, 0.2) is 30.3 Å². The van der Waals surface area contributed by atoms with E-state index in [0.717, 1.165) is 24.9 Å². The molecule has 0 aromatic heterocycles. The summed E-state index contributed by atoms with van der Waals surface area (Å²) >= 11 is 0. The largest absolute Gasteiger partial charge is 0.394 e. The Morgan fingerprint density at radius 2 is 1.88 bits per heavy atom. The van der Waals surface area contributed by atoms with Gasteiger partial charge >= 0.3 is 0 Å². The van der Waals surface area contributed by atoms with E-state index in [1.165, 1.54) is 14.0 Å². The molecule has 3 rings (SSSR count). The molecular formula is C20H28N2O4. The molecular weight excluding hydrogens is 332 g/mol. The molecule has 2 fully saturated rings. The zero-order valence-corrected chi connectivity index (χ0v) is 15.5. The summed E-state index contributed by atoms with van der Waals surface area (Å²) in [6.45, 7) is 2.70. The number of aliphatic hydroxyl groups is 1. The molecule has 0 unspecified atom stereocenters. The molecule has 1 saturated heterocycles. The monoisotopic (exact) mass is 360 g/mol. The van der Waals surface area contributed by atoms with Gasteiger partial charge < -0.3 is 19.6 Å². The van der Waals surface area contributed by atoms with Crippen LogP contribution in [-0.4, -0.2) is 72.2 Å². The van der Waals surface area contributed by atoms with Crippen LogP contribution < -0.4 is 0 Å². The zero-order valence-electron chi connectivity index (χ0n) is 15.5. The van der Waals surface area contributed by atoms with E-state index in [9.17, 15) is 14.7 Å². The second-order valence-corrected chi connectivity index (χ2v) is 7.36. The highest BCUT2D eigenvalue weighted by molar-refractivity contribution is 5.78. The van der Waals surface area contributed by atoms with Crippen molar-refractivity contribution < 1.29 is 19.4 Å². The van der Waals surface area contributed by atoms with Crippen molar-refractivity contribution in [2.75, 3.05) is 33.4 Å². The molecule has 1 saturated carbocycles. The summed E-state index contributed by atoms with van der Waals surface area (Å²) in [5, 5.41) is 9.84. The van der Waals surface area contributed by atoms with Crippen LogP contribution in [0.2, 0.25) is 0 Å². The Kier molecular flexibility index (Phi) is 5.94. The molecule has 1 heterocycles. The average Bonchev–Trinajstić information content (AvgIpc) is 3.42. The summed E-state index contributed by atoms with van der Waals surface area (Å²) in [6.07, 6.45) is 2.30. The normalized spacial score (nSPS) is 24.9. The number of nitrogens with zero attached hydrogens (tertiary/aromatic N) is 2. The first-order chi connectivity index (χ1) is 12.6. The number of carbonyl (C=O) groups is 2. The highest BCUT2D eigenvalue weighted by Crippen LogP contribution is 2.41. The Morgan fingerprint density at radius 1 is 1.19 bits per heavy atom. The molecule has 0 radical (unpaired) electrons. The van der Waals surface area contributed by atoms with E-state index in [-0.39, 0.29) is 43.0 Å². The van der Waals surface area contributed by atoms with E-state index in [2.05, 4.69) is 0 Å². The lowest BCUT2D eigenvalue weighted by Crippen LogP contribution is -2.68. The van der Waals surface area contributed by atoms with E-state index in [4.69, 9.17) is 4.74 Å². The van der Waals surface area contributed by atoms with E-state index in [1.807, 2.05) is 35.2 Å². The molecule has 26 heavy (non-hydrogen) atoms. The highest BCUT2D eigenvalue weighted by atomic mass is 16.5. The third-order valence-corrected chi connectivity index (χ3v) is 5.48. The van der Waals surface area contributed by atoms with Gasteiger partial charge in [-0.3, -0.25) is 9.59 Å². The fourth-order valence-corrected chi connectivity index (χ4v) is 4.07. The lowest BCUT2D eigenvalue weighted by molar-refractivity contribution is -0.153. The van der Waals surface area contributed by atoms with Gasteiger partial charge in [-0.05, 0) is 24.3 Å². The van der Waals surface area contributed by atoms with Crippen molar-refractivity contribution in [3.05, 3.63) is 35.9 Å². The van der Waals surface area contributed by atoms with Gasteiger partial charge in [0, 0.05) is 33.0 Å². The number of hydrogen-bond acceptors (Lipinski definition) is 4. The van der Waals surface area contributed by atoms with E-state index in [1.54, 1.807) is 4.90 Å². The molecule has 0 bridgehead atoms. The van der Waals surface area contributed by atoms with Crippen molar-refractivity contribution in [3.63, 3.8) is 0 Å². The first kappa shape index (κ1) is 18.9. The van der Waals surface area contributed by atoms with Crippen molar-refractivity contribution in [1.82, 2.24) is 9.80 Å². The summed E-state index contributed by atoms with van der Waals surface area (Å²) < 4.78 is 5.04. The predicted octanol–water partition coefficient (Wildman–Crippen LogP) is 1.25. The number of hydrogen-bond donors (Lipinski definition) is 1. The van der Waals surface area contributed by atoms with Crippen molar-refractivity contribution in [3.8, 4) is 0 Å². The average molecular weight is 360 g/mol. The molecule has 1 N–H and O–H groups in total. The van der Waals surface area contributed by atoms with E-state index < -0.39 is 0 Å². The third-order valence-electron chi connectivity index (χ3n) is 5.48. The molecule has 3 atom stereocenters. The number of ether oxygens (including phenoxy) is 1. The zero-order chi connectivity index (χ0) is 18.7. The molecule has 6 nitrogen and oxygen atoms in total.